The molecule has 1 aromatic rings. The molecule has 0 unspecified atom stereocenters. The van der Waals surface area contributed by atoms with Gasteiger partial charge in [-0.2, -0.15) is 17.0 Å². The van der Waals surface area contributed by atoms with Crippen LogP contribution in [0.3, 0.4) is 0 Å². The second-order valence-electron chi connectivity index (χ2n) is 6.52. The summed E-state index contributed by atoms with van der Waals surface area (Å²) in [5, 5.41) is 2.92. The Balaban J connectivity index is 1.85. The van der Waals surface area contributed by atoms with Crippen molar-refractivity contribution >= 4 is 16.1 Å². The summed E-state index contributed by atoms with van der Waals surface area (Å²) < 4.78 is 32.7. The quantitative estimate of drug-likeness (QED) is 0.780. The molecule has 7 nitrogen and oxygen atoms in total. The summed E-state index contributed by atoms with van der Waals surface area (Å²) in [6.07, 6.45) is 1.37. The van der Waals surface area contributed by atoms with Gasteiger partial charge in [0.2, 0.25) is 5.91 Å². The average Bonchev–Trinajstić information content (AvgIpc) is 2.60. The second-order valence-corrected chi connectivity index (χ2v) is 8.66. The average molecular weight is 369 g/mol. The molecule has 1 aromatic carbocycles. The van der Waals surface area contributed by atoms with Crippen LogP contribution in [0, 0.1) is 5.92 Å². The van der Waals surface area contributed by atoms with Gasteiger partial charge in [0.25, 0.3) is 10.2 Å². The molecule has 1 aliphatic rings. The lowest BCUT2D eigenvalue weighted by Gasteiger charge is -2.33. The summed E-state index contributed by atoms with van der Waals surface area (Å²) in [5.74, 6) is 0.301. The molecule has 1 amide bonds. The monoisotopic (exact) mass is 369 g/mol. The van der Waals surface area contributed by atoms with Crippen LogP contribution in [-0.4, -0.2) is 62.8 Å². The van der Waals surface area contributed by atoms with Crippen LogP contribution in [0.2, 0.25) is 0 Å². The Hall–Kier alpha value is -1.64. The van der Waals surface area contributed by atoms with Gasteiger partial charge in [-0.15, -0.1) is 0 Å². The van der Waals surface area contributed by atoms with Crippen LogP contribution < -0.4 is 10.1 Å². The van der Waals surface area contributed by atoms with Crippen molar-refractivity contribution in [3.05, 3.63) is 30.3 Å². The fourth-order valence-corrected chi connectivity index (χ4v) is 3.93. The minimum atomic E-state index is -3.48. The maximum Gasteiger partial charge on any atom is 0.281 e. The van der Waals surface area contributed by atoms with E-state index in [9.17, 15) is 13.2 Å². The molecule has 8 heteroatoms. The molecule has 0 spiro atoms. The molecule has 0 saturated carbocycles. The van der Waals surface area contributed by atoms with Crippen LogP contribution >= 0.6 is 0 Å². The lowest BCUT2D eigenvalue weighted by atomic mass is 9.98. The standard InChI is InChI=1S/C17H27N3O4S/c1-14(13-24-16-9-5-4-6-10-16)18-17(21)15-8-7-11-20(12-15)25(22,23)19(2)3/h4-6,9-10,14-15H,7-8,11-13H2,1-3H3,(H,18,21)/t14-,15+/m1/s1. The lowest BCUT2D eigenvalue weighted by molar-refractivity contribution is -0.126. The van der Waals surface area contributed by atoms with Crippen molar-refractivity contribution in [1.82, 2.24) is 13.9 Å². The van der Waals surface area contributed by atoms with Gasteiger partial charge in [-0.05, 0) is 31.9 Å². The van der Waals surface area contributed by atoms with E-state index in [0.717, 1.165) is 5.75 Å². The molecule has 0 bridgehead atoms. The molecule has 0 radical (unpaired) electrons. The van der Waals surface area contributed by atoms with Gasteiger partial charge in [0, 0.05) is 27.2 Å². The smallest absolute Gasteiger partial charge is 0.281 e. The number of carbonyl (C=O) groups is 1. The van der Waals surface area contributed by atoms with E-state index in [2.05, 4.69) is 5.32 Å². The number of para-hydroxylation sites is 1. The summed E-state index contributed by atoms with van der Waals surface area (Å²) in [5.41, 5.74) is 0. The first-order valence-corrected chi connectivity index (χ1v) is 9.86. The zero-order valence-corrected chi connectivity index (χ0v) is 15.8. The third kappa shape index (κ3) is 5.42. The maximum atomic E-state index is 12.5. The van der Waals surface area contributed by atoms with E-state index in [-0.39, 0.29) is 24.4 Å². The van der Waals surface area contributed by atoms with Gasteiger partial charge in [-0.25, -0.2) is 0 Å². The Bertz CT molecular complexity index is 664. The molecule has 2 atom stereocenters. The highest BCUT2D eigenvalue weighted by Gasteiger charge is 2.33. The summed E-state index contributed by atoms with van der Waals surface area (Å²) in [6.45, 7) is 2.91. The van der Waals surface area contributed by atoms with Crippen molar-refractivity contribution in [3.8, 4) is 5.75 Å². The molecule has 140 valence electrons. The highest BCUT2D eigenvalue weighted by atomic mass is 32.2. The molecular formula is C17H27N3O4S. The fraction of sp³-hybridized carbons (Fsp3) is 0.588. The number of piperidine rings is 1. The number of ether oxygens (including phenoxy) is 1. The van der Waals surface area contributed by atoms with E-state index in [1.807, 2.05) is 37.3 Å². The minimum Gasteiger partial charge on any atom is -0.491 e. The molecule has 0 aromatic heterocycles. The predicted octanol–water partition coefficient (Wildman–Crippen LogP) is 1.09. The van der Waals surface area contributed by atoms with Gasteiger partial charge in [-0.1, -0.05) is 18.2 Å². The van der Waals surface area contributed by atoms with Crippen molar-refractivity contribution in [2.24, 2.45) is 5.92 Å². The van der Waals surface area contributed by atoms with Crippen molar-refractivity contribution in [3.63, 3.8) is 0 Å². The predicted molar refractivity (Wildman–Crippen MR) is 96.4 cm³/mol. The zero-order valence-electron chi connectivity index (χ0n) is 15.0. The largest absolute Gasteiger partial charge is 0.491 e. The number of rotatable bonds is 7. The summed E-state index contributed by atoms with van der Waals surface area (Å²) in [4.78, 5) is 12.5. The third-order valence-electron chi connectivity index (χ3n) is 4.17. The normalized spacial score (nSPS) is 20.2. The van der Waals surface area contributed by atoms with Crippen molar-refractivity contribution in [2.75, 3.05) is 33.8 Å². The van der Waals surface area contributed by atoms with Gasteiger partial charge >= 0.3 is 0 Å². The molecule has 1 saturated heterocycles. The second kappa shape index (κ2) is 8.64. The molecule has 1 fully saturated rings. The van der Waals surface area contributed by atoms with E-state index < -0.39 is 10.2 Å². The maximum absolute atomic E-state index is 12.5. The van der Waals surface area contributed by atoms with Crippen LogP contribution in [-0.2, 0) is 15.0 Å². The van der Waals surface area contributed by atoms with Crippen molar-refractivity contribution in [1.29, 1.82) is 0 Å². The Morgan fingerprint density at radius 1 is 1.36 bits per heavy atom. The van der Waals surface area contributed by atoms with E-state index in [4.69, 9.17) is 4.74 Å². The molecule has 1 aliphatic heterocycles. The first kappa shape index (κ1) is 19.7. The van der Waals surface area contributed by atoms with Crippen LogP contribution in [0.1, 0.15) is 19.8 Å². The van der Waals surface area contributed by atoms with Gasteiger partial charge in [-0.3, -0.25) is 4.79 Å². The first-order chi connectivity index (χ1) is 11.8. The molecular weight excluding hydrogens is 342 g/mol. The number of amides is 1. The SMILES string of the molecule is C[C@H](COc1ccccc1)NC(=O)[C@H]1CCCN(S(=O)(=O)N(C)C)C1. The summed E-state index contributed by atoms with van der Waals surface area (Å²) >= 11 is 0. The molecule has 1 heterocycles. The lowest BCUT2D eigenvalue weighted by Crippen LogP contribution is -2.50. The number of nitrogens with one attached hydrogen (secondary N) is 1. The summed E-state index contributed by atoms with van der Waals surface area (Å²) in [7, 11) is -0.475. The summed E-state index contributed by atoms with van der Waals surface area (Å²) in [6, 6.07) is 9.25. The molecule has 25 heavy (non-hydrogen) atoms. The zero-order chi connectivity index (χ0) is 18.4. The van der Waals surface area contributed by atoms with E-state index in [0.29, 0.717) is 26.0 Å². The van der Waals surface area contributed by atoms with E-state index in [1.165, 1.54) is 22.7 Å². The Labute approximate surface area is 150 Å². The third-order valence-corrected chi connectivity index (χ3v) is 6.08. The van der Waals surface area contributed by atoms with Crippen molar-refractivity contribution in [2.45, 2.75) is 25.8 Å². The van der Waals surface area contributed by atoms with Gasteiger partial charge in [0.15, 0.2) is 0 Å². The highest BCUT2D eigenvalue weighted by Crippen LogP contribution is 2.20. The van der Waals surface area contributed by atoms with Gasteiger partial charge < -0.3 is 10.1 Å². The Kier molecular flexibility index (Phi) is 6.80. The molecule has 0 aliphatic carbocycles. The first-order valence-electron chi connectivity index (χ1n) is 8.46. The number of nitrogens with zero attached hydrogens (tertiary/aromatic N) is 2. The van der Waals surface area contributed by atoms with Gasteiger partial charge in [0.1, 0.15) is 12.4 Å². The van der Waals surface area contributed by atoms with E-state index >= 15 is 0 Å². The van der Waals surface area contributed by atoms with E-state index in [1.54, 1.807) is 0 Å². The number of hydrogen-bond acceptors (Lipinski definition) is 4. The number of carbonyl (C=O) groups excluding carboxylic acids is 1. The topological polar surface area (TPSA) is 79.0 Å². The highest BCUT2D eigenvalue weighted by molar-refractivity contribution is 7.86. The van der Waals surface area contributed by atoms with Crippen LogP contribution in [0.5, 0.6) is 5.75 Å². The molecule has 1 N–H and O–H groups in total. The van der Waals surface area contributed by atoms with Gasteiger partial charge in [0.05, 0.1) is 12.0 Å². The minimum absolute atomic E-state index is 0.122. The number of benzene rings is 1. The van der Waals surface area contributed by atoms with Crippen LogP contribution in [0.25, 0.3) is 0 Å². The number of hydrogen-bond donors (Lipinski definition) is 1. The van der Waals surface area contributed by atoms with Crippen LogP contribution in [0.4, 0.5) is 0 Å². The molecule has 2 rings (SSSR count). The Morgan fingerprint density at radius 3 is 2.68 bits per heavy atom. The van der Waals surface area contributed by atoms with Crippen LogP contribution in [0.15, 0.2) is 30.3 Å². The fourth-order valence-electron chi connectivity index (χ4n) is 2.74. The van der Waals surface area contributed by atoms with Crippen molar-refractivity contribution < 1.29 is 17.9 Å². The Morgan fingerprint density at radius 2 is 2.04 bits per heavy atom.